The SMILES string of the molecule is CCCN(C)CC1CNCCO1. The van der Waals surface area contributed by atoms with Crippen LogP contribution in [0.2, 0.25) is 0 Å². The van der Waals surface area contributed by atoms with Crippen LogP contribution >= 0.6 is 0 Å². The highest BCUT2D eigenvalue weighted by Gasteiger charge is 2.14. The summed E-state index contributed by atoms with van der Waals surface area (Å²) in [4.78, 5) is 2.33. The standard InChI is InChI=1S/C9H20N2O/c1-3-5-11(2)8-9-7-10-4-6-12-9/h9-10H,3-8H2,1-2H3. The van der Waals surface area contributed by atoms with Crippen LogP contribution in [0.15, 0.2) is 0 Å². The molecule has 12 heavy (non-hydrogen) atoms. The van der Waals surface area contributed by atoms with Gasteiger partial charge in [-0.1, -0.05) is 6.92 Å². The number of hydrogen-bond donors (Lipinski definition) is 1. The molecule has 0 aromatic carbocycles. The Labute approximate surface area is 75.1 Å². The molecule has 1 fully saturated rings. The van der Waals surface area contributed by atoms with Gasteiger partial charge in [0, 0.05) is 19.6 Å². The summed E-state index contributed by atoms with van der Waals surface area (Å²) in [5, 5.41) is 3.33. The van der Waals surface area contributed by atoms with E-state index >= 15 is 0 Å². The summed E-state index contributed by atoms with van der Waals surface area (Å²) in [5.74, 6) is 0. The number of nitrogens with zero attached hydrogens (tertiary/aromatic N) is 1. The van der Waals surface area contributed by atoms with Gasteiger partial charge in [0.25, 0.3) is 0 Å². The maximum Gasteiger partial charge on any atom is 0.0826 e. The number of morpholine rings is 1. The van der Waals surface area contributed by atoms with Crippen molar-refractivity contribution in [3.05, 3.63) is 0 Å². The topological polar surface area (TPSA) is 24.5 Å². The summed E-state index contributed by atoms with van der Waals surface area (Å²) in [6.07, 6.45) is 1.62. The van der Waals surface area contributed by atoms with Gasteiger partial charge in [-0.2, -0.15) is 0 Å². The molecule has 3 heteroatoms. The first-order valence-corrected chi connectivity index (χ1v) is 4.83. The van der Waals surface area contributed by atoms with Crippen molar-refractivity contribution in [3.8, 4) is 0 Å². The Morgan fingerprint density at radius 1 is 1.58 bits per heavy atom. The van der Waals surface area contributed by atoms with Gasteiger partial charge in [0.05, 0.1) is 12.7 Å². The molecular formula is C9H20N2O. The highest BCUT2D eigenvalue weighted by Crippen LogP contribution is 1.98. The zero-order valence-corrected chi connectivity index (χ0v) is 8.18. The molecule has 0 bridgehead atoms. The largest absolute Gasteiger partial charge is 0.374 e. The van der Waals surface area contributed by atoms with E-state index in [-0.39, 0.29) is 0 Å². The van der Waals surface area contributed by atoms with Crippen LogP contribution in [-0.2, 0) is 4.74 Å². The predicted octanol–water partition coefficient (Wildman–Crippen LogP) is 0.317. The Morgan fingerprint density at radius 3 is 3.00 bits per heavy atom. The van der Waals surface area contributed by atoms with E-state index in [2.05, 4.69) is 24.2 Å². The van der Waals surface area contributed by atoms with Gasteiger partial charge in [-0.15, -0.1) is 0 Å². The molecule has 1 aliphatic heterocycles. The van der Waals surface area contributed by atoms with Crippen LogP contribution in [-0.4, -0.2) is 50.8 Å². The van der Waals surface area contributed by atoms with Gasteiger partial charge in [0.1, 0.15) is 0 Å². The lowest BCUT2D eigenvalue weighted by Crippen LogP contribution is -2.44. The fourth-order valence-corrected chi connectivity index (χ4v) is 1.56. The van der Waals surface area contributed by atoms with Crippen LogP contribution in [0.5, 0.6) is 0 Å². The second-order valence-electron chi connectivity index (χ2n) is 3.46. The molecule has 3 nitrogen and oxygen atoms in total. The van der Waals surface area contributed by atoms with Crippen LogP contribution in [0, 0.1) is 0 Å². The lowest BCUT2D eigenvalue weighted by Gasteiger charge is -2.27. The van der Waals surface area contributed by atoms with Crippen LogP contribution < -0.4 is 5.32 Å². The molecule has 1 rings (SSSR count). The summed E-state index contributed by atoms with van der Waals surface area (Å²) in [7, 11) is 2.15. The van der Waals surface area contributed by atoms with Gasteiger partial charge in [-0.05, 0) is 20.0 Å². The zero-order chi connectivity index (χ0) is 8.81. The lowest BCUT2D eigenvalue weighted by atomic mass is 10.3. The molecule has 0 radical (unpaired) electrons. The number of rotatable bonds is 4. The van der Waals surface area contributed by atoms with Crippen LogP contribution in [0.3, 0.4) is 0 Å². The van der Waals surface area contributed by atoms with Crippen molar-refractivity contribution >= 4 is 0 Å². The molecule has 1 atom stereocenters. The van der Waals surface area contributed by atoms with Crippen LogP contribution in [0.4, 0.5) is 0 Å². The molecule has 0 aromatic heterocycles. The molecule has 1 aliphatic rings. The van der Waals surface area contributed by atoms with Crippen LogP contribution in [0.1, 0.15) is 13.3 Å². The van der Waals surface area contributed by atoms with Crippen molar-refractivity contribution < 1.29 is 4.74 Å². The third kappa shape index (κ3) is 3.52. The monoisotopic (exact) mass is 172 g/mol. The summed E-state index contributed by atoms with van der Waals surface area (Å²) in [5.41, 5.74) is 0. The highest BCUT2D eigenvalue weighted by molar-refractivity contribution is 4.69. The van der Waals surface area contributed by atoms with E-state index in [0.29, 0.717) is 6.10 Å². The van der Waals surface area contributed by atoms with Gasteiger partial charge in [0.2, 0.25) is 0 Å². The van der Waals surface area contributed by atoms with E-state index in [1.54, 1.807) is 0 Å². The van der Waals surface area contributed by atoms with Gasteiger partial charge in [-0.3, -0.25) is 0 Å². The molecule has 1 N–H and O–H groups in total. The predicted molar refractivity (Wildman–Crippen MR) is 50.4 cm³/mol. The first-order valence-electron chi connectivity index (χ1n) is 4.83. The fraction of sp³-hybridized carbons (Fsp3) is 1.00. The van der Waals surface area contributed by atoms with E-state index < -0.39 is 0 Å². The maximum absolute atomic E-state index is 5.59. The lowest BCUT2D eigenvalue weighted by molar-refractivity contribution is 0.0101. The molecule has 72 valence electrons. The molecule has 1 saturated heterocycles. The second kappa shape index (κ2) is 5.51. The Hall–Kier alpha value is -0.120. The molecule has 0 aliphatic carbocycles. The molecule has 1 unspecified atom stereocenters. The average molecular weight is 172 g/mol. The Morgan fingerprint density at radius 2 is 2.42 bits per heavy atom. The third-order valence-corrected chi connectivity index (χ3v) is 2.13. The van der Waals surface area contributed by atoms with E-state index in [4.69, 9.17) is 4.74 Å². The molecule has 0 aromatic rings. The van der Waals surface area contributed by atoms with Crippen LogP contribution in [0.25, 0.3) is 0 Å². The van der Waals surface area contributed by atoms with Gasteiger partial charge >= 0.3 is 0 Å². The number of nitrogens with one attached hydrogen (secondary N) is 1. The van der Waals surface area contributed by atoms with Gasteiger partial charge in [0.15, 0.2) is 0 Å². The summed E-state index contributed by atoms with van der Waals surface area (Å²) < 4.78 is 5.59. The smallest absolute Gasteiger partial charge is 0.0826 e. The Kier molecular flexibility index (Phi) is 4.58. The first-order chi connectivity index (χ1) is 5.83. The van der Waals surface area contributed by atoms with E-state index in [1.165, 1.54) is 13.0 Å². The van der Waals surface area contributed by atoms with Crippen molar-refractivity contribution in [3.63, 3.8) is 0 Å². The fourth-order valence-electron chi connectivity index (χ4n) is 1.56. The van der Waals surface area contributed by atoms with E-state index in [9.17, 15) is 0 Å². The molecule has 0 spiro atoms. The number of ether oxygens (including phenoxy) is 1. The zero-order valence-electron chi connectivity index (χ0n) is 8.18. The molecule has 1 heterocycles. The van der Waals surface area contributed by atoms with Gasteiger partial charge < -0.3 is 15.0 Å². The Bertz CT molecular complexity index is 113. The summed E-state index contributed by atoms with van der Waals surface area (Å²) >= 11 is 0. The highest BCUT2D eigenvalue weighted by atomic mass is 16.5. The van der Waals surface area contributed by atoms with Crippen molar-refractivity contribution in [2.24, 2.45) is 0 Å². The first kappa shape index (κ1) is 9.96. The van der Waals surface area contributed by atoms with E-state index in [1.807, 2.05) is 0 Å². The normalized spacial score (nSPS) is 24.8. The number of likely N-dealkylation sites (N-methyl/N-ethyl adjacent to an activating group) is 1. The minimum absolute atomic E-state index is 0.398. The third-order valence-electron chi connectivity index (χ3n) is 2.13. The van der Waals surface area contributed by atoms with Crippen molar-refractivity contribution in [2.45, 2.75) is 19.4 Å². The van der Waals surface area contributed by atoms with Gasteiger partial charge in [-0.25, -0.2) is 0 Å². The van der Waals surface area contributed by atoms with Crippen molar-refractivity contribution in [1.82, 2.24) is 10.2 Å². The average Bonchev–Trinajstić information content (AvgIpc) is 2.06. The van der Waals surface area contributed by atoms with E-state index in [0.717, 1.165) is 26.2 Å². The molecule has 0 amide bonds. The molecular weight excluding hydrogens is 152 g/mol. The molecule has 0 saturated carbocycles. The quantitative estimate of drug-likeness (QED) is 0.661. The number of hydrogen-bond acceptors (Lipinski definition) is 3. The van der Waals surface area contributed by atoms with Crippen molar-refractivity contribution in [1.29, 1.82) is 0 Å². The second-order valence-corrected chi connectivity index (χ2v) is 3.46. The van der Waals surface area contributed by atoms with Crippen molar-refractivity contribution in [2.75, 3.05) is 39.8 Å². The Balaban J connectivity index is 2.11. The maximum atomic E-state index is 5.59. The minimum atomic E-state index is 0.398. The summed E-state index contributed by atoms with van der Waals surface area (Å²) in [6.45, 7) is 7.31. The minimum Gasteiger partial charge on any atom is -0.374 e. The summed E-state index contributed by atoms with van der Waals surface area (Å²) in [6, 6.07) is 0.